The average molecular weight is 286 g/mol. The van der Waals surface area contributed by atoms with Crippen LogP contribution in [-0.4, -0.2) is 36.6 Å². The molecular weight excluding hydrogens is 256 g/mol. The lowest BCUT2D eigenvalue weighted by Gasteiger charge is -2.44. The Bertz CT molecular complexity index is 457. The van der Waals surface area contributed by atoms with Crippen LogP contribution in [0.3, 0.4) is 0 Å². The van der Waals surface area contributed by atoms with Crippen LogP contribution in [0.2, 0.25) is 0 Å². The first kappa shape index (κ1) is 15.1. The van der Waals surface area contributed by atoms with E-state index < -0.39 is 0 Å². The van der Waals surface area contributed by atoms with Gasteiger partial charge in [0.1, 0.15) is 0 Å². The molecule has 1 N–H and O–H groups in total. The summed E-state index contributed by atoms with van der Waals surface area (Å²) in [4.78, 5) is 2.79. The molecule has 3 rings (SSSR count). The molecule has 0 saturated carbocycles. The van der Waals surface area contributed by atoms with Crippen molar-refractivity contribution in [3.63, 3.8) is 0 Å². The lowest BCUT2D eigenvalue weighted by molar-refractivity contribution is 0.108. The molecule has 1 aromatic rings. The Balaban J connectivity index is 1.63. The predicted molar refractivity (Wildman–Crippen MR) is 89.9 cm³/mol. The summed E-state index contributed by atoms with van der Waals surface area (Å²) in [5.74, 6) is 0.779. The van der Waals surface area contributed by atoms with Crippen molar-refractivity contribution in [1.82, 2.24) is 10.2 Å². The zero-order valence-electron chi connectivity index (χ0n) is 13.6. The van der Waals surface area contributed by atoms with Crippen LogP contribution in [-0.2, 0) is 6.42 Å². The maximum absolute atomic E-state index is 3.77. The fraction of sp³-hybridized carbons (Fsp3) is 0.684. The standard InChI is InChI=1S/C19H30N2/c1-3-7-17-14-21(18(8-4-2)12-20-17)13-16-11-15-9-5-6-10-19(15)16/h5-6,9-10,16-18,20H,3-4,7-8,11-14H2,1-2H3. The van der Waals surface area contributed by atoms with E-state index in [4.69, 9.17) is 0 Å². The van der Waals surface area contributed by atoms with E-state index in [1.807, 2.05) is 0 Å². The van der Waals surface area contributed by atoms with Crippen molar-refractivity contribution in [3.05, 3.63) is 35.4 Å². The van der Waals surface area contributed by atoms with Crippen molar-refractivity contribution in [3.8, 4) is 0 Å². The zero-order chi connectivity index (χ0) is 14.7. The summed E-state index contributed by atoms with van der Waals surface area (Å²) in [6.07, 6.45) is 6.52. The van der Waals surface area contributed by atoms with E-state index in [-0.39, 0.29) is 0 Å². The third-order valence-corrected chi connectivity index (χ3v) is 5.29. The fourth-order valence-corrected chi connectivity index (χ4v) is 4.12. The Labute approximate surface area is 129 Å². The molecule has 1 aliphatic carbocycles. The Morgan fingerprint density at radius 1 is 1.14 bits per heavy atom. The van der Waals surface area contributed by atoms with Crippen molar-refractivity contribution in [2.24, 2.45) is 0 Å². The highest BCUT2D eigenvalue weighted by molar-refractivity contribution is 5.40. The zero-order valence-corrected chi connectivity index (χ0v) is 13.6. The van der Waals surface area contributed by atoms with Crippen LogP contribution in [0.4, 0.5) is 0 Å². The van der Waals surface area contributed by atoms with Gasteiger partial charge in [-0.1, -0.05) is 51.0 Å². The van der Waals surface area contributed by atoms with Gasteiger partial charge in [-0.2, -0.15) is 0 Å². The molecule has 0 bridgehead atoms. The number of hydrogen-bond acceptors (Lipinski definition) is 2. The predicted octanol–water partition coefficient (Wildman–Crippen LogP) is 3.57. The minimum Gasteiger partial charge on any atom is -0.311 e. The first-order valence-corrected chi connectivity index (χ1v) is 8.87. The van der Waals surface area contributed by atoms with Crippen LogP contribution in [0.1, 0.15) is 56.6 Å². The van der Waals surface area contributed by atoms with Crippen LogP contribution in [0.15, 0.2) is 24.3 Å². The maximum atomic E-state index is 3.77. The molecule has 1 aromatic carbocycles. The molecule has 1 saturated heterocycles. The number of nitrogens with one attached hydrogen (secondary N) is 1. The molecule has 1 aliphatic heterocycles. The highest BCUT2D eigenvalue weighted by Gasteiger charge is 2.32. The van der Waals surface area contributed by atoms with Crippen LogP contribution >= 0.6 is 0 Å². The van der Waals surface area contributed by atoms with Crippen molar-refractivity contribution in [1.29, 1.82) is 0 Å². The van der Waals surface area contributed by atoms with Crippen molar-refractivity contribution < 1.29 is 0 Å². The monoisotopic (exact) mass is 286 g/mol. The van der Waals surface area contributed by atoms with Crippen molar-refractivity contribution in [2.45, 2.75) is 64.0 Å². The van der Waals surface area contributed by atoms with Gasteiger partial charge in [-0.05, 0) is 30.4 Å². The van der Waals surface area contributed by atoms with E-state index in [0.717, 1.165) is 12.0 Å². The largest absolute Gasteiger partial charge is 0.311 e. The molecule has 2 heteroatoms. The van der Waals surface area contributed by atoms with E-state index in [9.17, 15) is 0 Å². The third kappa shape index (κ3) is 3.32. The Morgan fingerprint density at radius 2 is 1.95 bits per heavy atom. The molecule has 3 atom stereocenters. The molecule has 3 unspecified atom stereocenters. The summed E-state index contributed by atoms with van der Waals surface area (Å²) in [5, 5.41) is 3.77. The topological polar surface area (TPSA) is 15.3 Å². The molecule has 0 aromatic heterocycles. The summed E-state index contributed by atoms with van der Waals surface area (Å²) in [7, 11) is 0. The maximum Gasteiger partial charge on any atom is 0.0221 e. The smallest absolute Gasteiger partial charge is 0.0221 e. The van der Waals surface area contributed by atoms with E-state index in [1.165, 1.54) is 51.7 Å². The van der Waals surface area contributed by atoms with Gasteiger partial charge in [-0.25, -0.2) is 0 Å². The molecule has 21 heavy (non-hydrogen) atoms. The van der Waals surface area contributed by atoms with Gasteiger partial charge in [0.15, 0.2) is 0 Å². The quantitative estimate of drug-likeness (QED) is 0.860. The summed E-state index contributed by atoms with van der Waals surface area (Å²) in [6, 6.07) is 10.5. The molecular formula is C19H30N2. The number of nitrogens with zero attached hydrogens (tertiary/aromatic N) is 1. The lowest BCUT2D eigenvalue weighted by Crippen LogP contribution is -2.57. The van der Waals surface area contributed by atoms with Gasteiger partial charge in [-0.3, -0.25) is 4.90 Å². The lowest BCUT2D eigenvalue weighted by atomic mass is 9.77. The Kier molecular flexibility index (Phi) is 4.97. The van der Waals surface area contributed by atoms with Gasteiger partial charge < -0.3 is 5.32 Å². The van der Waals surface area contributed by atoms with Crippen molar-refractivity contribution >= 4 is 0 Å². The third-order valence-electron chi connectivity index (χ3n) is 5.29. The van der Waals surface area contributed by atoms with E-state index >= 15 is 0 Å². The van der Waals surface area contributed by atoms with Gasteiger partial charge in [0.05, 0.1) is 0 Å². The van der Waals surface area contributed by atoms with E-state index in [0.29, 0.717) is 6.04 Å². The number of benzene rings is 1. The number of rotatable bonds is 6. The summed E-state index contributed by atoms with van der Waals surface area (Å²) < 4.78 is 0. The van der Waals surface area contributed by atoms with Crippen LogP contribution < -0.4 is 5.32 Å². The van der Waals surface area contributed by atoms with E-state index in [1.54, 1.807) is 11.1 Å². The molecule has 116 valence electrons. The Morgan fingerprint density at radius 3 is 2.71 bits per heavy atom. The minimum atomic E-state index is 0.707. The van der Waals surface area contributed by atoms with Gasteiger partial charge in [0, 0.05) is 37.6 Å². The summed E-state index contributed by atoms with van der Waals surface area (Å²) >= 11 is 0. The minimum absolute atomic E-state index is 0.707. The second-order valence-corrected chi connectivity index (χ2v) is 6.89. The molecule has 1 heterocycles. The van der Waals surface area contributed by atoms with Crippen LogP contribution in [0.5, 0.6) is 0 Å². The van der Waals surface area contributed by atoms with Crippen LogP contribution in [0.25, 0.3) is 0 Å². The average Bonchev–Trinajstić information content (AvgIpc) is 2.48. The first-order chi connectivity index (χ1) is 10.3. The molecule has 0 spiro atoms. The molecule has 0 radical (unpaired) electrons. The molecule has 1 fully saturated rings. The summed E-state index contributed by atoms with van der Waals surface area (Å²) in [5.41, 5.74) is 3.19. The highest BCUT2D eigenvalue weighted by Crippen LogP contribution is 2.36. The van der Waals surface area contributed by atoms with Crippen molar-refractivity contribution in [2.75, 3.05) is 19.6 Å². The van der Waals surface area contributed by atoms with Crippen LogP contribution in [0, 0.1) is 0 Å². The summed E-state index contributed by atoms with van der Waals surface area (Å²) in [6.45, 7) is 8.31. The molecule has 2 nitrogen and oxygen atoms in total. The van der Waals surface area contributed by atoms with Gasteiger partial charge in [0.25, 0.3) is 0 Å². The normalized spacial score (nSPS) is 29.0. The van der Waals surface area contributed by atoms with Gasteiger partial charge in [0.2, 0.25) is 0 Å². The Hall–Kier alpha value is -0.860. The number of piperazine rings is 1. The second kappa shape index (κ2) is 6.93. The number of fused-ring (bicyclic) bond motifs is 1. The molecule has 2 aliphatic rings. The number of hydrogen-bond donors (Lipinski definition) is 1. The second-order valence-electron chi connectivity index (χ2n) is 6.89. The van der Waals surface area contributed by atoms with E-state index in [2.05, 4.69) is 48.3 Å². The SMILES string of the molecule is CCCC1CN(CC2Cc3ccccc32)C(CCC)CN1. The van der Waals surface area contributed by atoms with Gasteiger partial charge in [-0.15, -0.1) is 0 Å². The fourth-order valence-electron chi connectivity index (χ4n) is 4.12. The molecule has 0 amide bonds. The van der Waals surface area contributed by atoms with Gasteiger partial charge >= 0.3 is 0 Å². The first-order valence-electron chi connectivity index (χ1n) is 8.87. The highest BCUT2D eigenvalue weighted by atomic mass is 15.2.